The Morgan fingerprint density at radius 1 is 1.35 bits per heavy atom. The molecule has 0 bridgehead atoms. The number of nitrogens with one attached hydrogen (secondary N) is 3. The summed E-state index contributed by atoms with van der Waals surface area (Å²) in [5, 5.41) is 9.61. The third kappa shape index (κ3) is 3.46. The van der Waals surface area contributed by atoms with E-state index >= 15 is 0 Å². The zero-order valence-electron chi connectivity index (χ0n) is 10.1. The Bertz CT molecular complexity index is 369. The van der Waals surface area contributed by atoms with Gasteiger partial charge in [0, 0.05) is 30.4 Å². The molecule has 1 aromatic carbocycles. The quantitative estimate of drug-likeness (QED) is 0.743. The van der Waals surface area contributed by atoms with Gasteiger partial charge in [-0.1, -0.05) is 6.92 Å². The molecule has 1 aromatic rings. The summed E-state index contributed by atoms with van der Waals surface area (Å²) in [7, 11) is 0. The molecule has 17 heavy (non-hydrogen) atoms. The van der Waals surface area contributed by atoms with Crippen LogP contribution < -0.4 is 16.0 Å². The lowest BCUT2D eigenvalue weighted by Crippen LogP contribution is -2.22. The second-order valence-corrected chi connectivity index (χ2v) is 4.31. The minimum atomic E-state index is 0.0469. The topological polar surface area (TPSA) is 53.2 Å². The first-order valence-corrected chi connectivity index (χ1v) is 6.15. The number of carbonyl (C=O) groups is 1. The van der Waals surface area contributed by atoms with Gasteiger partial charge in [-0.15, -0.1) is 0 Å². The van der Waals surface area contributed by atoms with Crippen LogP contribution in [0.15, 0.2) is 24.3 Å². The maximum Gasteiger partial charge on any atom is 0.224 e. The average molecular weight is 233 g/mol. The summed E-state index contributed by atoms with van der Waals surface area (Å²) < 4.78 is 0. The predicted octanol–water partition coefficient (Wildman–Crippen LogP) is 1.81. The first kappa shape index (κ1) is 11.9. The average Bonchev–Trinajstić information content (AvgIpc) is 2.84. The van der Waals surface area contributed by atoms with E-state index in [-0.39, 0.29) is 5.91 Å². The Morgan fingerprint density at radius 3 is 2.65 bits per heavy atom. The van der Waals surface area contributed by atoms with E-state index in [1.807, 2.05) is 31.2 Å². The third-order valence-corrected chi connectivity index (χ3v) is 2.92. The molecule has 1 aliphatic rings. The zero-order valence-corrected chi connectivity index (χ0v) is 10.1. The van der Waals surface area contributed by atoms with Gasteiger partial charge in [-0.25, -0.2) is 0 Å². The molecule has 1 fully saturated rings. The standard InChI is InChI=1S/C13H19N3O/c1-2-13(17)16-11-5-3-10(4-6-11)15-12-7-8-14-9-12/h3-6,12,14-15H,2,7-9H2,1H3,(H,16,17). The molecule has 1 aliphatic heterocycles. The Kier molecular flexibility index (Phi) is 3.98. The van der Waals surface area contributed by atoms with Crippen molar-refractivity contribution in [1.29, 1.82) is 0 Å². The van der Waals surface area contributed by atoms with E-state index in [4.69, 9.17) is 0 Å². The molecule has 0 spiro atoms. The summed E-state index contributed by atoms with van der Waals surface area (Å²) in [6.07, 6.45) is 1.67. The molecular weight excluding hydrogens is 214 g/mol. The molecule has 0 aromatic heterocycles. The number of rotatable bonds is 4. The number of hydrogen-bond donors (Lipinski definition) is 3. The lowest BCUT2D eigenvalue weighted by molar-refractivity contribution is -0.115. The van der Waals surface area contributed by atoms with Gasteiger partial charge in [0.15, 0.2) is 0 Å². The second kappa shape index (κ2) is 5.68. The Labute approximate surface area is 102 Å². The van der Waals surface area contributed by atoms with E-state index in [0.29, 0.717) is 12.5 Å². The highest BCUT2D eigenvalue weighted by Gasteiger charge is 2.13. The zero-order chi connectivity index (χ0) is 12.1. The van der Waals surface area contributed by atoms with Crippen molar-refractivity contribution in [2.45, 2.75) is 25.8 Å². The van der Waals surface area contributed by atoms with E-state index < -0.39 is 0 Å². The number of anilines is 2. The van der Waals surface area contributed by atoms with Crippen molar-refractivity contribution in [3.8, 4) is 0 Å². The smallest absolute Gasteiger partial charge is 0.224 e. The maximum absolute atomic E-state index is 11.2. The van der Waals surface area contributed by atoms with Crippen LogP contribution in [0, 0.1) is 0 Å². The van der Waals surface area contributed by atoms with Gasteiger partial charge in [-0.05, 0) is 37.2 Å². The Balaban J connectivity index is 1.90. The highest BCUT2D eigenvalue weighted by molar-refractivity contribution is 5.90. The number of amides is 1. The largest absolute Gasteiger partial charge is 0.381 e. The van der Waals surface area contributed by atoms with Crippen LogP contribution >= 0.6 is 0 Å². The summed E-state index contributed by atoms with van der Waals surface area (Å²) >= 11 is 0. The highest BCUT2D eigenvalue weighted by atomic mass is 16.1. The normalized spacial score (nSPS) is 19.0. The molecule has 2 rings (SSSR count). The molecule has 1 saturated heterocycles. The van der Waals surface area contributed by atoms with Gasteiger partial charge in [-0.3, -0.25) is 4.79 Å². The van der Waals surface area contributed by atoms with Gasteiger partial charge in [0.05, 0.1) is 0 Å². The fourth-order valence-electron chi connectivity index (χ4n) is 1.91. The van der Waals surface area contributed by atoms with Crippen LogP contribution in [0.5, 0.6) is 0 Å². The van der Waals surface area contributed by atoms with Gasteiger partial charge in [-0.2, -0.15) is 0 Å². The second-order valence-electron chi connectivity index (χ2n) is 4.31. The predicted molar refractivity (Wildman–Crippen MR) is 70.3 cm³/mol. The minimum absolute atomic E-state index is 0.0469. The van der Waals surface area contributed by atoms with Crippen molar-refractivity contribution in [1.82, 2.24) is 5.32 Å². The van der Waals surface area contributed by atoms with Crippen LogP contribution in [0.4, 0.5) is 11.4 Å². The number of carbonyl (C=O) groups excluding carboxylic acids is 1. The van der Waals surface area contributed by atoms with Crippen LogP contribution in [0.1, 0.15) is 19.8 Å². The fraction of sp³-hybridized carbons (Fsp3) is 0.462. The van der Waals surface area contributed by atoms with E-state index in [1.54, 1.807) is 0 Å². The minimum Gasteiger partial charge on any atom is -0.381 e. The first-order valence-electron chi connectivity index (χ1n) is 6.15. The van der Waals surface area contributed by atoms with Crippen LogP contribution in [0.25, 0.3) is 0 Å². The van der Waals surface area contributed by atoms with Crippen molar-refractivity contribution in [2.24, 2.45) is 0 Å². The number of hydrogen-bond acceptors (Lipinski definition) is 3. The molecule has 1 amide bonds. The van der Waals surface area contributed by atoms with E-state index in [9.17, 15) is 4.79 Å². The summed E-state index contributed by atoms with van der Waals surface area (Å²) in [6.45, 7) is 3.95. The molecule has 0 saturated carbocycles. The third-order valence-electron chi connectivity index (χ3n) is 2.92. The van der Waals surface area contributed by atoms with E-state index in [2.05, 4.69) is 16.0 Å². The van der Waals surface area contributed by atoms with E-state index in [0.717, 1.165) is 30.9 Å². The van der Waals surface area contributed by atoms with Crippen LogP contribution in [-0.2, 0) is 4.79 Å². The molecule has 0 aliphatic carbocycles. The monoisotopic (exact) mass is 233 g/mol. The molecule has 4 heteroatoms. The van der Waals surface area contributed by atoms with Crippen molar-refractivity contribution in [3.05, 3.63) is 24.3 Å². The number of benzene rings is 1. The van der Waals surface area contributed by atoms with Gasteiger partial charge in [0.25, 0.3) is 0 Å². The van der Waals surface area contributed by atoms with Gasteiger partial charge < -0.3 is 16.0 Å². The summed E-state index contributed by atoms with van der Waals surface area (Å²) in [5.74, 6) is 0.0469. The molecule has 1 heterocycles. The molecule has 1 atom stereocenters. The fourth-order valence-corrected chi connectivity index (χ4v) is 1.91. The molecule has 3 N–H and O–H groups in total. The van der Waals surface area contributed by atoms with Crippen LogP contribution in [0.3, 0.4) is 0 Å². The highest BCUT2D eigenvalue weighted by Crippen LogP contribution is 2.16. The maximum atomic E-state index is 11.2. The van der Waals surface area contributed by atoms with Crippen molar-refractivity contribution in [2.75, 3.05) is 23.7 Å². The SMILES string of the molecule is CCC(=O)Nc1ccc(NC2CCNC2)cc1. The van der Waals surface area contributed by atoms with Crippen LogP contribution in [0.2, 0.25) is 0 Å². The van der Waals surface area contributed by atoms with Crippen molar-refractivity contribution < 1.29 is 4.79 Å². The lowest BCUT2D eigenvalue weighted by atomic mass is 10.2. The van der Waals surface area contributed by atoms with Crippen molar-refractivity contribution >= 4 is 17.3 Å². The summed E-state index contributed by atoms with van der Waals surface area (Å²) in [5.41, 5.74) is 1.96. The lowest BCUT2D eigenvalue weighted by Gasteiger charge is -2.13. The van der Waals surface area contributed by atoms with Gasteiger partial charge in [0.2, 0.25) is 5.91 Å². The molecule has 1 unspecified atom stereocenters. The first-order chi connectivity index (χ1) is 8.28. The van der Waals surface area contributed by atoms with Crippen molar-refractivity contribution in [3.63, 3.8) is 0 Å². The molecule has 0 radical (unpaired) electrons. The summed E-state index contributed by atoms with van der Waals surface area (Å²) in [4.78, 5) is 11.2. The van der Waals surface area contributed by atoms with Crippen LogP contribution in [-0.4, -0.2) is 25.0 Å². The molecule has 4 nitrogen and oxygen atoms in total. The Morgan fingerprint density at radius 2 is 2.06 bits per heavy atom. The van der Waals surface area contributed by atoms with Gasteiger partial charge >= 0.3 is 0 Å². The van der Waals surface area contributed by atoms with Gasteiger partial charge in [0.1, 0.15) is 0 Å². The van der Waals surface area contributed by atoms with E-state index in [1.165, 1.54) is 0 Å². The Hall–Kier alpha value is -1.55. The molecule has 92 valence electrons. The molecular formula is C13H19N3O. The summed E-state index contributed by atoms with van der Waals surface area (Å²) in [6, 6.07) is 8.38.